The molecule has 146 valence electrons. The van der Waals surface area contributed by atoms with E-state index in [2.05, 4.69) is 4.98 Å². The number of hydrogen-bond acceptors (Lipinski definition) is 6. The number of β-amino-alcohol motifs (C(OH)–C–C–N with tert-alkyl or cyclic N) is 2. The first-order valence-electron chi connectivity index (χ1n) is 8.79. The molecule has 0 saturated carbocycles. The van der Waals surface area contributed by atoms with Crippen LogP contribution in [0.25, 0.3) is 0 Å². The molecule has 0 bridgehead atoms. The van der Waals surface area contributed by atoms with Crippen molar-refractivity contribution in [3.8, 4) is 0 Å². The summed E-state index contributed by atoms with van der Waals surface area (Å²) in [5.41, 5.74) is -0.389. The van der Waals surface area contributed by atoms with E-state index >= 15 is 0 Å². The highest BCUT2D eigenvalue weighted by atomic mass is 19.4. The maximum atomic E-state index is 12.9. The molecule has 2 saturated heterocycles. The van der Waals surface area contributed by atoms with Gasteiger partial charge >= 0.3 is 6.18 Å². The van der Waals surface area contributed by atoms with Crippen LogP contribution >= 0.6 is 0 Å². The maximum Gasteiger partial charge on any atom is 0.433 e. The van der Waals surface area contributed by atoms with Gasteiger partial charge in [-0.15, -0.1) is 0 Å². The molecule has 6 nitrogen and oxygen atoms in total. The number of rotatable bonds is 3. The van der Waals surface area contributed by atoms with Crippen molar-refractivity contribution in [3.05, 3.63) is 24.0 Å². The van der Waals surface area contributed by atoms with Crippen LogP contribution in [-0.2, 0) is 6.18 Å². The third-order valence-corrected chi connectivity index (χ3v) is 5.11. The van der Waals surface area contributed by atoms with E-state index in [1.54, 1.807) is 6.07 Å². The predicted molar refractivity (Wildman–Crippen MR) is 88.6 cm³/mol. The third kappa shape index (κ3) is 4.46. The molecule has 0 spiro atoms. The van der Waals surface area contributed by atoms with Crippen molar-refractivity contribution in [1.82, 2.24) is 9.88 Å². The van der Waals surface area contributed by atoms with Gasteiger partial charge in [-0.05, 0) is 30.9 Å². The lowest BCUT2D eigenvalue weighted by molar-refractivity contribution is -0.141. The summed E-state index contributed by atoms with van der Waals surface area (Å²) in [7, 11) is 0. The smallest absolute Gasteiger partial charge is 0.389 e. The van der Waals surface area contributed by atoms with E-state index in [0.717, 1.165) is 18.9 Å². The summed E-state index contributed by atoms with van der Waals surface area (Å²) in [6.07, 6.45) is -4.62. The molecular weight excluding hydrogens is 351 g/mol. The van der Waals surface area contributed by atoms with E-state index in [9.17, 15) is 28.5 Å². The molecule has 1 aromatic heterocycles. The van der Waals surface area contributed by atoms with E-state index in [-0.39, 0.29) is 19.0 Å². The molecule has 2 aliphatic rings. The van der Waals surface area contributed by atoms with Gasteiger partial charge in [0.1, 0.15) is 11.8 Å². The zero-order valence-electron chi connectivity index (χ0n) is 14.3. The summed E-state index contributed by atoms with van der Waals surface area (Å²) in [4.78, 5) is 7.24. The summed E-state index contributed by atoms with van der Waals surface area (Å²) in [6, 6.07) is 2.66. The fraction of sp³-hybridized carbons (Fsp3) is 0.706. The van der Waals surface area contributed by atoms with E-state index in [0.29, 0.717) is 25.3 Å². The Bertz CT molecular complexity index is 604. The normalized spacial score (nSPS) is 31.2. The fourth-order valence-corrected chi connectivity index (χ4v) is 3.81. The second kappa shape index (κ2) is 7.67. The number of nitrogens with zero attached hydrogens (tertiary/aromatic N) is 3. The number of piperidine rings is 2. The van der Waals surface area contributed by atoms with Crippen LogP contribution in [0.3, 0.4) is 0 Å². The van der Waals surface area contributed by atoms with Crippen molar-refractivity contribution >= 4 is 5.69 Å². The summed E-state index contributed by atoms with van der Waals surface area (Å²) < 4.78 is 38.6. The molecule has 0 amide bonds. The highest BCUT2D eigenvalue weighted by molar-refractivity contribution is 5.47. The second-order valence-corrected chi connectivity index (χ2v) is 7.20. The molecule has 2 aliphatic heterocycles. The standard InChI is InChI=1S/C17H24F3N3O3/c18-17(19,20)15-6-12(3-4-21-15)23-5-1-2-11(8-23)7-22-9-13(24)16(26)14(25)10-22/h3-4,6,11,13-14,16,24-26H,1-2,5,7-10H2/t11-,13?,14?,16?/m0/s1. The lowest BCUT2D eigenvalue weighted by Gasteiger charge is -2.41. The van der Waals surface area contributed by atoms with Crippen LogP contribution in [0.4, 0.5) is 18.9 Å². The second-order valence-electron chi connectivity index (χ2n) is 7.20. The van der Waals surface area contributed by atoms with Crippen molar-refractivity contribution in [3.63, 3.8) is 0 Å². The van der Waals surface area contributed by atoms with Gasteiger partial charge in [0.25, 0.3) is 0 Å². The Labute approximate surface area is 149 Å². The maximum absolute atomic E-state index is 12.9. The lowest BCUT2D eigenvalue weighted by atomic mass is 9.94. The van der Waals surface area contributed by atoms with Crippen LogP contribution in [0, 0.1) is 5.92 Å². The number of aliphatic hydroxyl groups excluding tert-OH is 3. The van der Waals surface area contributed by atoms with Crippen LogP contribution in [-0.4, -0.2) is 76.2 Å². The van der Waals surface area contributed by atoms with Crippen LogP contribution in [0.15, 0.2) is 18.3 Å². The quantitative estimate of drug-likeness (QED) is 0.722. The molecule has 3 heterocycles. The van der Waals surface area contributed by atoms with Crippen LogP contribution < -0.4 is 4.90 Å². The summed E-state index contributed by atoms with van der Waals surface area (Å²) in [6.45, 7) is 2.47. The van der Waals surface area contributed by atoms with Gasteiger partial charge in [0, 0.05) is 44.6 Å². The largest absolute Gasteiger partial charge is 0.433 e. The van der Waals surface area contributed by atoms with E-state index in [1.165, 1.54) is 6.20 Å². The predicted octanol–water partition coefficient (Wildman–Crippen LogP) is 0.715. The highest BCUT2D eigenvalue weighted by Gasteiger charge is 2.35. The van der Waals surface area contributed by atoms with E-state index in [4.69, 9.17) is 0 Å². The van der Waals surface area contributed by atoms with Gasteiger partial charge in [0.2, 0.25) is 0 Å². The fourth-order valence-electron chi connectivity index (χ4n) is 3.81. The number of aromatic nitrogens is 1. The van der Waals surface area contributed by atoms with Gasteiger partial charge in [-0.3, -0.25) is 9.88 Å². The monoisotopic (exact) mass is 375 g/mol. The molecule has 0 aromatic carbocycles. The number of hydrogen-bond donors (Lipinski definition) is 3. The van der Waals surface area contributed by atoms with E-state index in [1.807, 2.05) is 9.80 Å². The van der Waals surface area contributed by atoms with Gasteiger partial charge in [0.15, 0.2) is 0 Å². The van der Waals surface area contributed by atoms with Crippen molar-refractivity contribution in [1.29, 1.82) is 0 Å². The molecule has 0 aliphatic carbocycles. The average molecular weight is 375 g/mol. The summed E-state index contributed by atoms with van der Waals surface area (Å²) in [5, 5.41) is 29.2. The lowest BCUT2D eigenvalue weighted by Crippen LogP contribution is -2.56. The number of anilines is 1. The Hall–Kier alpha value is -1.42. The van der Waals surface area contributed by atoms with E-state index < -0.39 is 30.2 Å². The summed E-state index contributed by atoms with van der Waals surface area (Å²) in [5.74, 6) is 0.209. The van der Waals surface area contributed by atoms with Gasteiger partial charge in [0.05, 0.1) is 12.2 Å². The molecule has 3 atom stereocenters. The zero-order valence-corrected chi connectivity index (χ0v) is 14.3. The zero-order chi connectivity index (χ0) is 18.9. The van der Waals surface area contributed by atoms with Gasteiger partial charge < -0.3 is 20.2 Å². The van der Waals surface area contributed by atoms with Crippen molar-refractivity contribution in [2.45, 2.75) is 37.3 Å². The molecule has 9 heteroatoms. The molecule has 2 fully saturated rings. The Morgan fingerprint density at radius 3 is 2.46 bits per heavy atom. The Balaban J connectivity index is 1.63. The van der Waals surface area contributed by atoms with Crippen molar-refractivity contribution in [2.24, 2.45) is 5.92 Å². The first kappa shape index (κ1) is 19.3. The van der Waals surface area contributed by atoms with Gasteiger partial charge in [-0.2, -0.15) is 13.2 Å². The van der Waals surface area contributed by atoms with Crippen molar-refractivity contribution < 1.29 is 28.5 Å². The summed E-state index contributed by atoms with van der Waals surface area (Å²) >= 11 is 0. The first-order chi connectivity index (χ1) is 12.2. The first-order valence-corrected chi connectivity index (χ1v) is 8.79. The minimum Gasteiger partial charge on any atom is -0.389 e. The molecule has 3 rings (SSSR count). The van der Waals surface area contributed by atoms with Crippen LogP contribution in [0.5, 0.6) is 0 Å². The van der Waals surface area contributed by atoms with Gasteiger partial charge in [-0.1, -0.05) is 0 Å². The molecule has 0 radical (unpaired) electrons. The molecular formula is C17H24F3N3O3. The Kier molecular flexibility index (Phi) is 5.71. The Morgan fingerprint density at radius 1 is 1.12 bits per heavy atom. The van der Waals surface area contributed by atoms with Gasteiger partial charge in [-0.25, -0.2) is 0 Å². The SMILES string of the molecule is OC1CN(C[C@@H]2CCCN(c3ccnc(C(F)(F)F)c3)C2)CC(O)C1O. The number of aliphatic hydroxyl groups is 3. The average Bonchev–Trinajstić information content (AvgIpc) is 2.59. The molecule has 3 N–H and O–H groups in total. The number of halogens is 3. The van der Waals surface area contributed by atoms with Crippen LogP contribution in [0.2, 0.25) is 0 Å². The molecule has 2 unspecified atom stereocenters. The topological polar surface area (TPSA) is 80.1 Å². The highest BCUT2D eigenvalue weighted by Crippen LogP contribution is 2.31. The Morgan fingerprint density at radius 2 is 1.81 bits per heavy atom. The van der Waals surface area contributed by atoms with Crippen LogP contribution in [0.1, 0.15) is 18.5 Å². The third-order valence-electron chi connectivity index (χ3n) is 5.11. The number of alkyl halides is 3. The minimum absolute atomic E-state index is 0.209. The van der Waals surface area contributed by atoms with Crippen molar-refractivity contribution in [2.75, 3.05) is 37.6 Å². The molecule has 1 aromatic rings. The number of pyridine rings is 1. The molecule has 26 heavy (non-hydrogen) atoms. The number of likely N-dealkylation sites (tertiary alicyclic amines) is 1. The minimum atomic E-state index is -4.47.